The van der Waals surface area contributed by atoms with Gasteiger partial charge in [0.05, 0.1) is 20.6 Å². The standard InChI is InChI=1S/C23H23FN2O/c1-26(2)22(19-12-14-21(24)15-13-19)16-25-23(27)20-10-8-18(9-11-20)17-6-4-3-5-7-17/h3-15,22H,16H2,1-2H3,(H,25,27)/p+1/t22-/m0/s1. The molecule has 3 aromatic carbocycles. The lowest BCUT2D eigenvalue weighted by Crippen LogP contribution is -3.07. The predicted molar refractivity (Wildman–Crippen MR) is 106 cm³/mol. The van der Waals surface area contributed by atoms with Gasteiger partial charge < -0.3 is 10.2 Å². The van der Waals surface area contributed by atoms with E-state index in [9.17, 15) is 9.18 Å². The monoisotopic (exact) mass is 363 g/mol. The van der Waals surface area contributed by atoms with Crippen molar-refractivity contribution >= 4 is 5.91 Å². The van der Waals surface area contributed by atoms with E-state index in [2.05, 4.69) is 5.32 Å². The Kier molecular flexibility index (Phi) is 5.99. The third-order valence-corrected chi connectivity index (χ3v) is 4.69. The molecule has 0 fully saturated rings. The van der Waals surface area contributed by atoms with Crippen molar-refractivity contribution in [2.75, 3.05) is 20.6 Å². The number of quaternary nitrogens is 1. The molecule has 3 aromatic rings. The van der Waals surface area contributed by atoms with Crippen molar-refractivity contribution in [1.82, 2.24) is 5.32 Å². The molecule has 0 aliphatic heterocycles. The van der Waals surface area contributed by atoms with E-state index in [-0.39, 0.29) is 17.8 Å². The van der Waals surface area contributed by atoms with Crippen molar-refractivity contribution in [2.45, 2.75) is 6.04 Å². The third-order valence-electron chi connectivity index (χ3n) is 4.69. The van der Waals surface area contributed by atoms with E-state index in [4.69, 9.17) is 0 Å². The molecule has 3 nitrogen and oxygen atoms in total. The molecule has 0 aromatic heterocycles. The first-order chi connectivity index (χ1) is 13.0. The van der Waals surface area contributed by atoms with E-state index in [0.29, 0.717) is 12.1 Å². The van der Waals surface area contributed by atoms with Gasteiger partial charge >= 0.3 is 0 Å². The fourth-order valence-corrected chi connectivity index (χ4v) is 3.09. The van der Waals surface area contributed by atoms with Crippen LogP contribution < -0.4 is 10.2 Å². The van der Waals surface area contributed by atoms with Gasteiger partial charge in [-0.3, -0.25) is 4.79 Å². The van der Waals surface area contributed by atoms with Gasteiger partial charge in [-0.25, -0.2) is 4.39 Å². The Labute approximate surface area is 159 Å². The van der Waals surface area contributed by atoms with Gasteiger partial charge in [0.15, 0.2) is 0 Å². The molecule has 0 aliphatic carbocycles. The fraction of sp³-hybridized carbons (Fsp3) is 0.174. The van der Waals surface area contributed by atoms with Crippen molar-refractivity contribution in [3.05, 3.63) is 95.8 Å². The highest BCUT2D eigenvalue weighted by Crippen LogP contribution is 2.19. The van der Waals surface area contributed by atoms with Gasteiger partial charge in [0.25, 0.3) is 5.91 Å². The first kappa shape index (κ1) is 18.8. The summed E-state index contributed by atoms with van der Waals surface area (Å²) in [4.78, 5) is 13.7. The molecule has 0 aliphatic rings. The van der Waals surface area contributed by atoms with Gasteiger partial charge in [0.1, 0.15) is 11.9 Å². The first-order valence-electron chi connectivity index (χ1n) is 9.04. The lowest BCUT2D eigenvalue weighted by molar-refractivity contribution is -0.890. The molecule has 1 atom stereocenters. The highest BCUT2D eigenvalue weighted by Gasteiger charge is 2.19. The summed E-state index contributed by atoms with van der Waals surface area (Å²) in [6, 6.07) is 24.2. The molecule has 0 unspecified atom stereocenters. The second-order valence-corrected chi connectivity index (χ2v) is 6.83. The molecule has 4 heteroatoms. The maximum Gasteiger partial charge on any atom is 0.251 e. The molecule has 1 amide bonds. The van der Waals surface area contributed by atoms with Crippen LogP contribution in [0.4, 0.5) is 4.39 Å². The Morgan fingerprint density at radius 2 is 1.48 bits per heavy atom. The third kappa shape index (κ3) is 4.80. The minimum atomic E-state index is -0.256. The van der Waals surface area contributed by atoms with Crippen molar-refractivity contribution in [2.24, 2.45) is 0 Å². The molecule has 0 bridgehead atoms. The van der Waals surface area contributed by atoms with E-state index < -0.39 is 0 Å². The quantitative estimate of drug-likeness (QED) is 0.693. The van der Waals surface area contributed by atoms with Gasteiger partial charge in [-0.1, -0.05) is 54.6 Å². The lowest BCUT2D eigenvalue weighted by Gasteiger charge is -2.22. The largest absolute Gasteiger partial charge is 0.346 e. The van der Waals surface area contributed by atoms with Crippen LogP contribution in [0.15, 0.2) is 78.9 Å². The average Bonchev–Trinajstić information content (AvgIpc) is 2.70. The molecule has 0 heterocycles. The fourth-order valence-electron chi connectivity index (χ4n) is 3.09. The smallest absolute Gasteiger partial charge is 0.251 e. The Hall–Kier alpha value is -2.98. The maximum absolute atomic E-state index is 13.2. The maximum atomic E-state index is 13.2. The summed E-state index contributed by atoms with van der Waals surface area (Å²) in [5.41, 5.74) is 3.82. The molecule has 27 heavy (non-hydrogen) atoms. The summed E-state index contributed by atoms with van der Waals surface area (Å²) < 4.78 is 13.2. The molecule has 138 valence electrons. The number of hydrogen-bond donors (Lipinski definition) is 2. The number of rotatable bonds is 6. The zero-order valence-electron chi connectivity index (χ0n) is 15.6. The summed E-state index contributed by atoms with van der Waals surface area (Å²) in [7, 11) is 4.05. The van der Waals surface area contributed by atoms with E-state index in [1.165, 1.54) is 17.0 Å². The van der Waals surface area contributed by atoms with Crippen LogP contribution in [0.3, 0.4) is 0 Å². The number of nitrogens with one attached hydrogen (secondary N) is 2. The van der Waals surface area contributed by atoms with Crippen LogP contribution in [0.5, 0.6) is 0 Å². The second-order valence-electron chi connectivity index (χ2n) is 6.83. The average molecular weight is 363 g/mol. The lowest BCUT2D eigenvalue weighted by atomic mass is 10.0. The summed E-state index contributed by atoms with van der Waals surface area (Å²) in [5, 5.41) is 3.00. The Bertz CT molecular complexity index is 875. The van der Waals surface area contributed by atoms with Crippen LogP contribution in [0.25, 0.3) is 11.1 Å². The van der Waals surface area contributed by atoms with E-state index in [0.717, 1.165) is 16.7 Å². The van der Waals surface area contributed by atoms with Gasteiger partial charge in [-0.15, -0.1) is 0 Å². The van der Waals surface area contributed by atoms with Crippen LogP contribution >= 0.6 is 0 Å². The molecule has 0 saturated carbocycles. The van der Waals surface area contributed by atoms with Crippen molar-refractivity contribution in [3.8, 4) is 11.1 Å². The number of benzene rings is 3. The van der Waals surface area contributed by atoms with Gasteiger partial charge in [-0.05, 0) is 35.4 Å². The summed E-state index contributed by atoms with van der Waals surface area (Å²) in [5.74, 6) is -0.364. The number of hydrogen-bond acceptors (Lipinski definition) is 1. The molecular formula is C23H24FN2O+. The van der Waals surface area contributed by atoms with Gasteiger partial charge in [-0.2, -0.15) is 0 Å². The predicted octanol–water partition coefficient (Wildman–Crippen LogP) is 3.11. The van der Waals surface area contributed by atoms with Crippen LogP contribution in [0.2, 0.25) is 0 Å². The Balaban J connectivity index is 1.66. The molecule has 0 spiro atoms. The number of carbonyl (C=O) groups is 1. The second kappa shape index (κ2) is 8.60. The van der Waals surface area contributed by atoms with Crippen molar-refractivity contribution in [3.63, 3.8) is 0 Å². The van der Waals surface area contributed by atoms with Crippen molar-refractivity contribution < 1.29 is 14.1 Å². The number of carbonyl (C=O) groups excluding carboxylic acids is 1. The van der Waals surface area contributed by atoms with Crippen LogP contribution in [-0.4, -0.2) is 26.5 Å². The first-order valence-corrected chi connectivity index (χ1v) is 9.04. The Morgan fingerprint density at radius 1 is 0.889 bits per heavy atom. The Morgan fingerprint density at radius 3 is 2.07 bits per heavy atom. The number of halogens is 1. The van der Waals surface area contributed by atoms with Crippen LogP contribution in [0.1, 0.15) is 22.0 Å². The van der Waals surface area contributed by atoms with Crippen molar-refractivity contribution in [1.29, 1.82) is 0 Å². The molecule has 3 rings (SSSR count). The molecular weight excluding hydrogens is 339 g/mol. The summed E-state index contributed by atoms with van der Waals surface area (Å²) >= 11 is 0. The van der Waals surface area contributed by atoms with E-state index >= 15 is 0 Å². The molecule has 0 radical (unpaired) electrons. The minimum Gasteiger partial charge on any atom is -0.346 e. The minimum absolute atomic E-state index is 0.0538. The topological polar surface area (TPSA) is 33.5 Å². The zero-order valence-corrected chi connectivity index (χ0v) is 15.6. The SMILES string of the molecule is C[NH+](C)[C@@H](CNC(=O)c1ccc(-c2ccccc2)cc1)c1ccc(F)cc1. The molecule has 0 saturated heterocycles. The number of likely N-dealkylation sites (N-methyl/N-ethyl adjacent to an activating group) is 1. The van der Waals surface area contributed by atoms with Gasteiger partial charge in [0.2, 0.25) is 0 Å². The zero-order chi connectivity index (χ0) is 19.2. The van der Waals surface area contributed by atoms with E-state index in [1.807, 2.05) is 68.7 Å². The van der Waals surface area contributed by atoms with Crippen LogP contribution in [-0.2, 0) is 0 Å². The number of amides is 1. The normalized spacial score (nSPS) is 12.0. The van der Waals surface area contributed by atoms with Gasteiger partial charge in [0, 0.05) is 11.1 Å². The highest BCUT2D eigenvalue weighted by molar-refractivity contribution is 5.94. The summed E-state index contributed by atoms with van der Waals surface area (Å²) in [6.45, 7) is 0.479. The van der Waals surface area contributed by atoms with Crippen LogP contribution in [0, 0.1) is 5.82 Å². The van der Waals surface area contributed by atoms with E-state index in [1.54, 1.807) is 12.1 Å². The highest BCUT2D eigenvalue weighted by atomic mass is 19.1. The summed E-state index contributed by atoms with van der Waals surface area (Å²) in [6.07, 6.45) is 0. The molecule has 2 N–H and O–H groups in total.